The Hall–Kier alpha value is -1.42. The number of carbonyl (C=O) groups excluding carboxylic acids is 2. The second-order valence-electron chi connectivity index (χ2n) is 6.00. The minimum Gasteiger partial charge on any atom is -0.274 e. The number of hydrogen-bond acceptors (Lipinski definition) is 2. The van der Waals surface area contributed by atoms with Crippen molar-refractivity contribution in [1.29, 1.82) is 0 Å². The van der Waals surface area contributed by atoms with Gasteiger partial charge in [0.2, 0.25) is 11.8 Å². The molecule has 5 heteroatoms. The quantitative estimate of drug-likeness (QED) is 0.747. The Morgan fingerprint density at radius 2 is 1.70 bits per heavy atom. The van der Waals surface area contributed by atoms with Gasteiger partial charge in [-0.05, 0) is 49.3 Å². The fourth-order valence-corrected chi connectivity index (χ4v) is 4.40. The second-order valence-corrected chi connectivity index (χ2v) is 6.40. The first-order valence-corrected chi connectivity index (χ1v) is 7.28. The molecule has 3 aliphatic rings. The standard InChI is InChI=1S/C15H13ClFNO2/c16-10-4-3-9(6-11(10)17)18-14(19)12-7-1-2-8(5-7)13(12)15(18)20/h3-4,6-8,12-13H,1-2,5H2. The molecule has 3 fully saturated rings. The summed E-state index contributed by atoms with van der Waals surface area (Å²) < 4.78 is 13.6. The predicted molar refractivity (Wildman–Crippen MR) is 71.7 cm³/mol. The molecule has 0 spiro atoms. The third kappa shape index (κ3) is 1.46. The van der Waals surface area contributed by atoms with Crippen molar-refractivity contribution in [1.82, 2.24) is 0 Å². The van der Waals surface area contributed by atoms with Gasteiger partial charge in [-0.2, -0.15) is 0 Å². The van der Waals surface area contributed by atoms with Crippen LogP contribution in [0, 0.1) is 29.5 Å². The van der Waals surface area contributed by atoms with E-state index in [-0.39, 0.29) is 28.7 Å². The van der Waals surface area contributed by atoms with E-state index >= 15 is 0 Å². The molecule has 104 valence electrons. The predicted octanol–water partition coefficient (Wildman–Crippen LogP) is 3.01. The summed E-state index contributed by atoms with van der Waals surface area (Å²) in [5.74, 6) is -0.611. The summed E-state index contributed by atoms with van der Waals surface area (Å²) in [5, 5.41) is -0.00638. The molecule has 1 aromatic rings. The average Bonchev–Trinajstić information content (AvgIpc) is 3.08. The van der Waals surface area contributed by atoms with E-state index in [1.165, 1.54) is 23.1 Å². The average molecular weight is 294 g/mol. The number of hydrogen-bond donors (Lipinski definition) is 0. The molecule has 2 saturated carbocycles. The zero-order chi connectivity index (χ0) is 14.0. The van der Waals surface area contributed by atoms with Crippen LogP contribution in [0.15, 0.2) is 18.2 Å². The van der Waals surface area contributed by atoms with Crippen LogP contribution in [0.25, 0.3) is 0 Å². The molecule has 0 radical (unpaired) electrons. The van der Waals surface area contributed by atoms with Crippen LogP contribution in [0.5, 0.6) is 0 Å². The Kier molecular flexibility index (Phi) is 2.49. The van der Waals surface area contributed by atoms with Gasteiger partial charge in [-0.3, -0.25) is 9.59 Å². The maximum absolute atomic E-state index is 13.6. The number of fused-ring (bicyclic) bond motifs is 5. The van der Waals surface area contributed by atoms with Crippen molar-refractivity contribution in [3.05, 3.63) is 29.0 Å². The molecule has 3 nitrogen and oxygen atoms in total. The molecule has 4 unspecified atom stereocenters. The number of nitrogens with zero attached hydrogens (tertiary/aromatic N) is 1. The Balaban J connectivity index is 1.74. The molecule has 2 bridgehead atoms. The number of amides is 2. The van der Waals surface area contributed by atoms with Gasteiger partial charge in [-0.25, -0.2) is 9.29 Å². The van der Waals surface area contributed by atoms with Crippen molar-refractivity contribution in [3.8, 4) is 0 Å². The van der Waals surface area contributed by atoms with Gasteiger partial charge in [0, 0.05) is 0 Å². The summed E-state index contributed by atoms with van der Waals surface area (Å²) in [6, 6.07) is 4.08. The number of halogens is 2. The van der Waals surface area contributed by atoms with Crippen molar-refractivity contribution in [2.75, 3.05) is 4.90 Å². The summed E-state index contributed by atoms with van der Waals surface area (Å²) in [6.45, 7) is 0. The summed E-state index contributed by atoms with van der Waals surface area (Å²) in [7, 11) is 0. The summed E-state index contributed by atoms with van der Waals surface area (Å²) in [5.41, 5.74) is 0.302. The first-order chi connectivity index (χ1) is 9.58. The van der Waals surface area contributed by atoms with E-state index in [0.29, 0.717) is 17.5 Å². The molecule has 2 aliphatic carbocycles. The summed E-state index contributed by atoms with van der Waals surface area (Å²) >= 11 is 5.65. The van der Waals surface area contributed by atoms with Gasteiger partial charge in [0.05, 0.1) is 22.5 Å². The van der Waals surface area contributed by atoms with Gasteiger partial charge >= 0.3 is 0 Å². The van der Waals surface area contributed by atoms with Crippen LogP contribution < -0.4 is 4.90 Å². The molecular formula is C15H13ClFNO2. The number of anilines is 1. The lowest BCUT2D eigenvalue weighted by atomic mass is 9.81. The fraction of sp³-hybridized carbons (Fsp3) is 0.467. The minimum atomic E-state index is -0.607. The Labute approximate surface area is 120 Å². The zero-order valence-corrected chi connectivity index (χ0v) is 11.4. The molecule has 1 aliphatic heterocycles. The summed E-state index contributed by atoms with van der Waals surface area (Å²) in [6.07, 6.45) is 3.07. The third-order valence-corrected chi connectivity index (χ3v) is 5.40. The lowest BCUT2D eigenvalue weighted by Gasteiger charge is -2.19. The molecule has 1 aromatic carbocycles. The topological polar surface area (TPSA) is 37.4 Å². The highest BCUT2D eigenvalue weighted by molar-refractivity contribution is 6.31. The van der Waals surface area contributed by atoms with Crippen molar-refractivity contribution in [3.63, 3.8) is 0 Å². The van der Waals surface area contributed by atoms with Crippen LogP contribution in [-0.4, -0.2) is 11.8 Å². The van der Waals surface area contributed by atoms with Gasteiger partial charge in [0.25, 0.3) is 0 Å². The van der Waals surface area contributed by atoms with Crippen LogP contribution in [0.2, 0.25) is 5.02 Å². The van der Waals surface area contributed by atoms with E-state index in [2.05, 4.69) is 0 Å². The van der Waals surface area contributed by atoms with Crippen LogP contribution in [-0.2, 0) is 9.59 Å². The highest BCUT2D eigenvalue weighted by Crippen LogP contribution is 2.56. The van der Waals surface area contributed by atoms with E-state index in [9.17, 15) is 14.0 Å². The molecule has 0 N–H and O–H groups in total. The van der Waals surface area contributed by atoms with E-state index in [0.717, 1.165) is 19.3 Å². The van der Waals surface area contributed by atoms with Crippen LogP contribution in [0.1, 0.15) is 19.3 Å². The largest absolute Gasteiger partial charge is 0.274 e. The van der Waals surface area contributed by atoms with E-state index < -0.39 is 5.82 Å². The minimum absolute atomic E-state index is 0.00638. The van der Waals surface area contributed by atoms with E-state index in [4.69, 9.17) is 11.6 Å². The lowest BCUT2D eigenvalue weighted by Crippen LogP contribution is -2.32. The van der Waals surface area contributed by atoms with Gasteiger partial charge in [0.1, 0.15) is 5.82 Å². The number of rotatable bonds is 1. The fourth-order valence-electron chi connectivity index (χ4n) is 4.29. The van der Waals surface area contributed by atoms with E-state index in [1.807, 2.05) is 0 Å². The highest BCUT2D eigenvalue weighted by Gasteiger charge is 2.61. The SMILES string of the molecule is O=C1C2C3CCC(C3)C2C(=O)N1c1ccc(Cl)c(F)c1. The van der Waals surface area contributed by atoms with E-state index in [1.54, 1.807) is 0 Å². The number of imide groups is 1. The van der Waals surface area contributed by atoms with Crippen molar-refractivity contribution >= 4 is 29.1 Å². The maximum atomic E-state index is 13.6. The molecule has 1 saturated heterocycles. The second kappa shape index (κ2) is 4.04. The third-order valence-electron chi connectivity index (χ3n) is 5.09. The molecule has 2 amide bonds. The Bertz CT molecular complexity index is 604. The highest BCUT2D eigenvalue weighted by atomic mass is 35.5. The van der Waals surface area contributed by atoms with Crippen LogP contribution >= 0.6 is 11.6 Å². The first-order valence-electron chi connectivity index (χ1n) is 6.91. The molecule has 0 aromatic heterocycles. The van der Waals surface area contributed by atoms with Gasteiger partial charge in [-0.15, -0.1) is 0 Å². The van der Waals surface area contributed by atoms with Crippen molar-refractivity contribution in [2.45, 2.75) is 19.3 Å². The zero-order valence-electron chi connectivity index (χ0n) is 10.7. The first kappa shape index (κ1) is 12.3. The maximum Gasteiger partial charge on any atom is 0.237 e. The number of benzene rings is 1. The normalized spacial score (nSPS) is 35.0. The Morgan fingerprint density at radius 3 is 2.25 bits per heavy atom. The van der Waals surface area contributed by atoms with Crippen molar-refractivity contribution < 1.29 is 14.0 Å². The van der Waals surface area contributed by atoms with Gasteiger partial charge in [-0.1, -0.05) is 11.6 Å². The number of carbonyl (C=O) groups is 2. The molecule has 1 heterocycles. The smallest absolute Gasteiger partial charge is 0.237 e. The molecule has 4 rings (SSSR count). The Morgan fingerprint density at radius 1 is 1.10 bits per heavy atom. The van der Waals surface area contributed by atoms with Gasteiger partial charge in [0.15, 0.2) is 0 Å². The monoisotopic (exact) mass is 293 g/mol. The molecular weight excluding hydrogens is 281 g/mol. The molecule has 20 heavy (non-hydrogen) atoms. The van der Waals surface area contributed by atoms with Crippen LogP contribution in [0.3, 0.4) is 0 Å². The van der Waals surface area contributed by atoms with Crippen LogP contribution in [0.4, 0.5) is 10.1 Å². The lowest BCUT2D eigenvalue weighted by molar-refractivity contribution is -0.123. The van der Waals surface area contributed by atoms with Crippen molar-refractivity contribution in [2.24, 2.45) is 23.7 Å². The van der Waals surface area contributed by atoms with Gasteiger partial charge < -0.3 is 0 Å². The summed E-state index contributed by atoms with van der Waals surface area (Å²) in [4.78, 5) is 26.2. The molecule has 4 atom stereocenters.